The molecule has 17 nitrogen and oxygen atoms in total. The molecular weight excluding hydrogens is 1270 g/mol. The van der Waals surface area contributed by atoms with E-state index in [4.69, 9.17) is 37.0 Å². The molecule has 0 radical (unpaired) electrons. The highest BCUT2D eigenvalue weighted by Gasteiger charge is 2.30. The summed E-state index contributed by atoms with van der Waals surface area (Å²) in [7, 11) is -9.91. The van der Waals surface area contributed by atoms with E-state index < -0.39 is 97.5 Å². The van der Waals surface area contributed by atoms with E-state index >= 15 is 0 Å². The largest absolute Gasteiger partial charge is 0.472 e. The zero-order valence-electron chi connectivity index (χ0n) is 63.4. The van der Waals surface area contributed by atoms with E-state index in [1.54, 1.807) is 0 Å². The quantitative estimate of drug-likeness (QED) is 0.0222. The van der Waals surface area contributed by atoms with Gasteiger partial charge < -0.3 is 33.8 Å². The van der Waals surface area contributed by atoms with Crippen molar-refractivity contribution in [2.75, 3.05) is 39.6 Å². The van der Waals surface area contributed by atoms with E-state index in [9.17, 15) is 43.2 Å². The van der Waals surface area contributed by atoms with Crippen LogP contribution in [0.3, 0.4) is 0 Å². The highest BCUT2D eigenvalue weighted by molar-refractivity contribution is 7.47. The molecular formula is C78H152O17P2. The summed E-state index contributed by atoms with van der Waals surface area (Å²) in [5.74, 6) is -0.566. The summed E-state index contributed by atoms with van der Waals surface area (Å²) in [5.41, 5.74) is 0. The molecule has 0 heterocycles. The molecule has 576 valence electrons. The number of carbonyl (C=O) groups is 4. The minimum absolute atomic E-state index is 0.106. The summed E-state index contributed by atoms with van der Waals surface area (Å²) < 4.78 is 68.6. The minimum atomic E-state index is -4.96. The Morgan fingerprint density at radius 2 is 0.474 bits per heavy atom. The van der Waals surface area contributed by atoms with Gasteiger partial charge in [0, 0.05) is 25.7 Å². The number of carbonyl (C=O) groups excluding carboxylic acids is 4. The normalized spacial score (nSPS) is 14.0. The average molecular weight is 1420 g/mol. The Hall–Kier alpha value is -1.94. The monoisotopic (exact) mass is 1420 g/mol. The Morgan fingerprint density at radius 3 is 0.701 bits per heavy atom. The molecule has 0 bridgehead atoms. The van der Waals surface area contributed by atoms with Crippen molar-refractivity contribution in [2.24, 2.45) is 11.8 Å². The Kier molecular flexibility index (Phi) is 68.4. The fraction of sp³-hybridized carbons (Fsp3) is 0.949. The van der Waals surface area contributed by atoms with Crippen molar-refractivity contribution < 1.29 is 80.2 Å². The third-order valence-electron chi connectivity index (χ3n) is 18.2. The van der Waals surface area contributed by atoms with Crippen LogP contribution in [0.1, 0.15) is 408 Å². The van der Waals surface area contributed by atoms with Gasteiger partial charge in [-0.1, -0.05) is 356 Å². The summed E-state index contributed by atoms with van der Waals surface area (Å²) in [4.78, 5) is 72.9. The maximum atomic E-state index is 13.1. The van der Waals surface area contributed by atoms with Crippen molar-refractivity contribution in [3.63, 3.8) is 0 Å². The lowest BCUT2D eigenvalue weighted by atomic mass is 10.0. The third-order valence-corrected chi connectivity index (χ3v) is 20.1. The molecule has 0 aliphatic carbocycles. The molecule has 0 fully saturated rings. The Morgan fingerprint density at radius 1 is 0.278 bits per heavy atom. The first-order valence-electron chi connectivity index (χ1n) is 40.5. The maximum absolute atomic E-state index is 13.1. The van der Waals surface area contributed by atoms with Crippen LogP contribution in [0.5, 0.6) is 0 Å². The lowest BCUT2D eigenvalue weighted by molar-refractivity contribution is -0.161. The predicted octanol–water partition coefficient (Wildman–Crippen LogP) is 23.1. The standard InChI is InChI=1S/C78H152O17P2/c1-7-9-11-13-15-17-19-20-23-27-31-37-43-49-55-61-76(81)89-66-73(94-77(82)62-56-50-44-38-32-28-25-22-21-24-26-30-34-40-46-52-58-70(3)4)68-92-96(84,85)90-64-72(79)65-91-97(86,87)93-69-74(67-88-75(80)60-54-48-42-36-29-18-16-14-12-10-8-2)95-78(83)63-57-51-45-39-33-35-41-47-53-59-71(5)6/h70-74,79H,7-69H2,1-6H3,(H,84,85)(H,86,87)/t72-,73-,74-/m1/s1. The topological polar surface area (TPSA) is 237 Å². The van der Waals surface area contributed by atoms with Crippen molar-refractivity contribution in [1.82, 2.24) is 0 Å². The minimum Gasteiger partial charge on any atom is -0.462 e. The number of hydrogen-bond acceptors (Lipinski definition) is 15. The maximum Gasteiger partial charge on any atom is 0.472 e. The zero-order valence-corrected chi connectivity index (χ0v) is 65.2. The van der Waals surface area contributed by atoms with Gasteiger partial charge in [0.15, 0.2) is 12.2 Å². The van der Waals surface area contributed by atoms with E-state index in [-0.39, 0.29) is 25.7 Å². The molecule has 0 aromatic heterocycles. The van der Waals surface area contributed by atoms with Gasteiger partial charge >= 0.3 is 39.5 Å². The van der Waals surface area contributed by atoms with Crippen LogP contribution in [0.15, 0.2) is 0 Å². The SMILES string of the molecule is CCCCCCCCCCCCCCCCCC(=O)OC[C@H](COP(=O)(O)OC[C@@H](O)COP(=O)(O)OC[C@@H](COC(=O)CCCCCCCCCCCCC)OC(=O)CCCCCCCCCCCC(C)C)OC(=O)CCCCCCCCCCCCCCCCCCC(C)C. The van der Waals surface area contributed by atoms with Crippen molar-refractivity contribution >= 4 is 39.5 Å². The molecule has 97 heavy (non-hydrogen) atoms. The molecule has 19 heteroatoms. The van der Waals surface area contributed by atoms with E-state index in [1.165, 1.54) is 225 Å². The summed E-state index contributed by atoms with van der Waals surface area (Å²) >= 11 is 0. The van der Waals surface area contributed by atoms with E-state index in [2.05, 4.69) is 41.5 Å². The van der Waals surface area contributed by atoms with Crippen LogP contribution < -0.4 is 0 Å². The predicted molar refractivity (Wildman–Crippen MR) is 395 cm³/mol. The Labute approximate surface area is 594 Å². The van der Waals surface area contributed by atoms with Gasteiger partial charge in [0.25, 0.3) is 0 Å². The molecule has 0 aromatic rings. The van der Waals surface area contributed by atoms with Gasteiger partial charge in [0.1, 0.15) is 19.3 Å². The summed E-state index contributed by atoms with van der Waals surface area (Å²) in [6.07, 6.45) is 58.2. The van der Waals surface area contributed by atoms with Gasteiger partial charge in [-0.05, 0) is 37.5 Å². The van der Waals surface area contributed by atoms with Crippen LogP contribution in [-0.2, 0) is 65.4 Å². The van der Waals surface area contributed by atoms with Gasteiger partial charge in [-0.25, -0.2) is 9.13 Å². The molecule has 0 saturated heterocycles. The summed E-state index contributed by atoms with van der Waals surface area (Å²) in [6.45, 7) is 9.62. The first-order valence-corrected chi connectivity index (χ1v) is 43.5. The first kappa shape index (κ1) is 95.1. The van der Waals surface area contributed by atoms with E-state index in [0.717, 1.165) is 102 Å². The summed E-state index contributed by atoms with van der Waals surface area (Å²) in [5, 5.41) is 10.6. The molecule has 3 N–H and O–H groups in total. The number of phosphoric ester groups is 2. The molecule has 0 saturated carbocycles. The number of hydrogen-bond donors (Lipinski definition) is 3. The second kappa shape index (κ2) is 69.8. The van der Waals surface area contributed by atoms with Crippen LogP contribution in [0.4, 0.5) is 0 Å². The average Bonchev–Trinajstić information content (AvgIpc) is 1.01. The van der Waals surface area contributed by atoms with Crippen molar-refractivity contribution in [2.45, 2.75) is 426 Å². The lowest BCUT2D eigenvalue weighted by Crippen LogP contribution is -2.30. The Balaban J connectivity index is 5.24. The van der Waals surface area contributed by atoms with E-state index in [1.807, 2.05) is 0 Å². The van der Waals surface area contributed by atoms with Crippen LogP contribution in [-0.4, -0.2) is 96.7 Å². The molecule has 0 amide bonds. The Bertz CT molecular complexity index is 1870. The lowest BCUT2D eigenvalue weighted by Gasteiger charge is -2.21. The van der Waals surface area contributed by atoms with Crippen LogP contribution in [0.25, 0.3) is 0 Å². The van der Waals surface area contributed by atoms with Crippen LogP contribution in [0, 0.1) is 11.8 Å². The number of unbranched alkanes of at least 4 members (excludes halogenated alkanes) is 47. The first-order chi connectivity index (χ1) is 46.9. The number of rotatable bonds is 77. The van der Waals surface area contributed by atoms with Crippen molar-refractivity contribution in [1.29, 1.82) is 0 Å². The van der Waals surface area contributed by atoms with Crippen molar-refractivity contribution in [3.8, 4) is 0 Å². The molecule has 0 spiro atoms. The second-order valence-corrected chi connectivity index (χ2v) is 32.0. The zero-order chi connectivity index (χ0) is 71.4. The van der Waals surface area contributed by atoms with E-state index in [0.29, 0.717) is 25.7 Å². The van der Waals surface area contributed by atoms with Gasteiger partial charge in [0.2, 0.25) is 0 Å². The smallest absolute Gasteiger partial charge is 0.462 e. The number of ether oxygens (including phenoxy) is 4. The van der Waals surface area contributed by atoms with Crippen LogP contribution in [0.2, 0.25) is 0 Å². The number of aliphatic hydroxyl groups excluding tert-OH is 1. The van der Waals surface area contributed by atoms with Gasteiger partial charge in [-0.15, -0.1) is 0 Å². The fourth-order valence-electron chi connectivity index (χ4n) is 12.0. The molecule has 2 unspecified atom stereocenters. The third kappa shape index (κ3) is 72.2. The van der Waals surface area contributed by atoms with Crippen molar-refractivity contribution in [3.05, 3.63) is 0 Å². The van der Waals surface area contributed by atoms with Gasteiger partial charge in [-0.2, -0.15) is 0 Å². The highest BCUT2D eigenvalue weighted by atomic mass is 31.2. The molecule has 0 aliphatic heterocycles. The van der Waals surface area contributed by atoms with Gasteiger partial charge in [-0.3, -0.25) is 37.3 Å². The molecule has 5 atom stereocenters. The summed E-state index contributed by atoms with van der Waals surface area (Å²) in [6, 6.07) is 0. The second-order valence-electron chi connectivity index (χ2n) is 29.1. The number of aliphatic hydroxyl groups is 1. The molecule has 0 aromatic carbocycles. The molecule has 0 aliphatic rings. The van der Waals surface area contributed by atoms with Gasteiger partial charge in [0.05, 0.1) is 26.4 Å². The number of esters is 4. The van der Waals surface area contributed by atoms with Crippen LogP contribution >= 0.6 is 15.6 Å². The molecule has 0 rings (SSSR count). The highest BCUT2D eigenvalue weighted by Crippen LogP contribution is 2.45. The number of phosphoric acid groups is 2. The fourth-order valence-corrected chi connectivity index (χ4v) is 13.6.